The highest BCUT2D eigenvalue weighted by Gasteiger charge is 2.36. The zero-order valence-electron chi connectivity index (χ0n) is 15.7. The maximum Gasteiger partial charge on any atom is 0.340 e. The van der Waals surface area contributed by atoms with Crippen molar-refractivity contribution in [3.05, 3.63) is 51.4 Å². The smallest absolute Gasteiger partial charge is 0.340 e. The third-order valence-corrected chi connectivity index (χ3v) is 8.30. The largest absolute Gasteiger partial charge is 0.465 e. The molecule has 0 amide bonds. The first kappa shape index (κ1) is 20.4. The summed E-state index contributed by atoms with van der Waals surface area (Å²) in [6.07, 6.45) is 2.02. The van der Waals surface area contributed by atoms with Crippen molar-refractivity contribution >= 4 is 27.3 Å². The number of halogens is 2. The van der Waals surface area contributed by atoms with E-state index >= 15 is 0 Å². The predicted octanol–water partition coefficient (Wildman–Crippen LogP) is 2.81. The SMILES string of the molecule is COC(=O)c1c(S(=O)(=O)NC2CC2)sc2c1CCN(Cc1ccc(F)cc1F)C2. The monoisotopic (exact) mass is 442 g/mol. The fourth-order valence-corrected chi connectivity index (χ4v) is 6.68. The lowest BCUT2D eigenvalue weighted by atomic mass is 10.0. The second-order valence-corrected chi connectivity index (χ2v) is 10.3. The number of nitrogens with zero attached hydrogens (tertiary/aromatic N) is 1. The van der Waals surface area contributed by atoms with Crippen LogP contribution < -0.4 is 4.72 Å². The Morgan fingerprint density at radius 3 is 2.76 bits per heavy atom. The van der Waals surface area contributed by atoms with E-state index in [4.69, 9.17) is 4.74 Å². The van der Waals surface area contributed by atoms with E-state index in [2.05, 4.69) is 4.72 Å². The number of esters is 1. The van der Waals surface area contributed by atoms with Crippen molar-refractivity contribution in [1.29, 1.82) is 0 Å². The van der Waals surface area contributed by atoms with E-state index in [9.17, 15) is 22.0 Å². The summed E-state index contributed by atoms with van der Waals surface area (Å²) < 4.78 is 60.1. The first-order chi connectivity index (χ1) is 13.8. The molecule has 0 bridgehead atoms. The molecule has 29 heavy (non-hydrogen) atoms. The van der Waals surface area contributed by atoms with Gasteiger partial charge in [0.2, 0.25) is 0 Å². The van der Waals surface area contributed by atoms with Gasteiger partial charge in [0.25, 0.3) is 10.0 Å². The average Bonchev–Trinajstić information content (AvgIpc) is 3.38. The molecule has 0 radical (unpaired) electrons. The molecule has 4 rings (SSSR count). The summed E-state index contributed by atoms with van der Waals surface area (Å²) in [6, 6.07) is 3.38. The number of rotatable bonds is 6. The highest BCUT2D eigenvalue weighted by atomic mass is 32.2. The second-order valence-electron chi connectivity index (χ2n) is 7.25. The number of carbonyl (C=O) groups excluding carboxylic acids is 1. The molecule has 0 spiro atoms. The van der Waals surface area contributed by atoms with Gasteiger partial charge in [-0.3, -0.25) is 4.90 Å². The maximum atomic E-state index is 14.0. The van der Waals surface area contributed by atoms with Gasteiger partial charge in [0, 0.05) is 42.2 Å². The van der Waals surface area contributed by atoms with Gasteiger partial charge in [-0.05, 0) is 30.9 Å². The van der Waals surface area contributed by atoms with Crippen LogP contribution in [0, 0.1) is 11.6 Å². The number of ether oxygens (including phenoxy) is 1. The number of sulfonamides is 1. The molecule has 0 saturated heterocycles. The summed E-state index contributed by atoms with van der Waals surface area (Å²) in [6.45, 7) is 1.15. The lowest BCUT2D eigenvalue weighted by Gasteiger charge is -2.27. The molecule has 1 aliphatic carbocycles. The summed E-state index contributed by atoms with van der Waals surface area (Å²) >= 11 is 1.06. The van der Waals surface area contributed by atoms with Crippen molar-refractivity contribution in [2.45, 2.75) is 42.6 Å². The van der Waals surface area contributed by atoms with E-state index in [1.54, 1.807) is 0 Å². The zero-order valence-corrected chi connectivity index (χ0v) is 17.3. The molecule has 1 aromatic carbocycles. The lowest BCUT2D eigenvalue weighted by molar-refractivity contribution is 0.0595. The Hall–Kier alpha value is -1.88. The Bertz CT molecular complexity index is 1060. The van der Waals surface area contributed by atoms with Gasteiger partial charge in [-0.1, -0.05) is 6.07 Å². The highest BCUT2D eigenvalue weighted by molar-refractivity contribution is 7.91. The van der Waals surface area contributed by atoms with Crippen molar-refractivity contribution in [3.8, 4) is 0 Å². The van der Waals surface area contributed by atoms with Crippen LogP contribution >= 0.6 is 11.3 Å². The normalized spacial score (nSPS) is 17.2. The standard InChI is InChI=1S/C19H20F2N2O4S2/c1-27-18(24)17-14-6-7-23(9-11-2-3-12(20)8-15(11)21)10-16(14)28-19(17)29(25,26)22-13-4-5-13/h2-3,8,13,22H,4-7,9-10H2,1H3. The number of hydrogen-bond acceptors (Lipinski definition) is 6. The van der Waals surface area contributed by atoms with Crippen molar-refractivity contribution in [1.82, 2.24) is 9.62 Å². The first-order valence-electron chi connectivity index (χ1n) is 9.20. The topological polar surface area (TPSA) is 75.7 Å². The van der Waals surface area contributed by atoms with Crippen molar-refractivity contribution in [2.24, 2.45) is 0 Å². The Balaban J connectivity index is 1.63. The summed E-state index contributed by atoms with van der Waals surface area (Å²) in [5.41, 5.74) is 1.14. The number of methoxy groups -OCH3 is 1. The molecule has 10 heteroatoms. The fraction of sp³-hybridized carbons (Fsp3) is 0.421. The Morgan fingerprint density at radius 2 is 2.10 bits per heavy atom. The molecule has 156 valence electrons. The molecule has 1 aromatic heterocycles. The van der Waals surface area contributed by atoms with E-state index in [0.29, 0.717) is 30.6 Å². The number of fused-ring (bicyclic) bond motifs is 1. The number of carbonyl (C=O) groups is 1. The Morgan fingerprint density at radius 1 is 1.34 bits per heavy atom. The molecule has 0 atom stereocenters. The summed E-state index contributed by atoms with van der Waals surface area (Å²) in [5.74, 6) is -1.92. The maximum absolute atomic E-state index is 14.0. The minimum atomic E-state index is -3.82. The van der Waals surface area contributed by atoms with E-state index in [1.807, 2.05) is 4.90 Å². The van der Waals surface area contributed by atoms with Crippen LogP contribution in [0.15, 0.2) is 22.4 Å². The van der Waals surface area contributed by atoms with E-state index in [1.165, 1.54) is 19.2 Å². The number of thiophene rings is 1. The minimum absolute atomic E-state index is 0.0175. The zero-order chi connectivity index (χ0) is 20.8. The van der Waals surface area contributed by atoms with Crippen LogP contribution in [0.5, 0.6) is 0 Å². The summed E-state index contributed by atoms with van der Waals surface area (Å²) in [4.78, 5) is 15.0. The average molecular weight is 443 g/mol. The summed E-state index contributed by atoms with van der Waals surface area (Å²) in [5, 5.41) is 0. The van der Waals surface area contributed by atoms with E-state index in [0.717, 1.165) is 35.1 Å². The molecule has 2 aromatic rings. The molecular weight excluding hydrogens is 422 g/mol. The molecule has 1 saturated carbocycles. The van der Waals surface area contributed by atoms with Crippen LogP contribution in [-0.4, -0.2) is 39.0 Å². The molecule has 0 unspecified atom stereocenters. The quantitative estimate of drug-likeness (QED) is 0.697. The molecule has 1 fully saturated rings. The third-order valence-electron chi connectivity index (χ3n) is 5.05. The minimum Gasteiger partial charge on any atom is -0.465 e. The van der Waals surface area contributed by atoms with Gasteiger partial charge in [0.1, 0.15) is 15.8 Å². The van der Waals surface area contributed by atoms with Gasteiger partial charge in [-0.15, -0.1) is 11.3 Å². The van der Waals surface area contributed by atoms with Crippen molar-refractivity contribution in [2.75, 3.05) is 13.7 Å². The highest BCUT2D eigenvalue weighted by Crippen LogP contribution is 2.38. The fourth-order valence-electron chi connectivity index (χ4n) is 3.43. The molecule has 6 nitrogen and oxygen atoms in total. The molecule has 1 N–H and O–H groups in total. The molecule has 2 aliphatic rings. The lowest BCUT2D eigenvalue weighted by Crippen LogP contribution is -2.30. The molecule has 1 aliphatic heterocycles. The van der Waals surface area contributed by atoms with Crippen LogP contribution in [0.3, 0.4) is 0 Å². The van der Waals surface area contributed by atoms with Gasteiger partial charge in [-0.2, -0.15) is 0 Å². The van der Waals surface area contributed by atoms with Crippen LogP contribution in [0.1, 0.15) is 39.2 Å². The summed E-state index contributed by atoms with van der Waals surface area (Å²) in [7, 11) is -2.59. The predicted molar refractivity (Wildman–Crippen MR) is 103 cm³/mol. The second kappa shape index (κ2) is 7.75. The third kappa shape index (κ3) is 4.20. The van der Waals surface area contributed by atoms with Crippen molar-refractivity contribution < 1.29 is 26.7 Å². The number of nitrogens with one attached hydrogen (secondary N) is 1. The van der Waals surface area contributed by atoms with E-state index < -0.39 is 27.6 Å². The molecule has 2 heterocycles. The van der Waals surface area contributed by atoms with E-state index in [-0.39, 0.29) is 22.4 Å². The number of benzene rings is 1. The van der Waals surface area contributed by atoms with Gasteiger partial charge < -0.3 is 4.74 Å². The Kier molecular flexibility index (Phi) is 5.45. The van der Waals surface area contributed by atoms with Gasteiger partial charge in [0.05, 0.1) is 12.7 Å². The van der Waals surface area contributed by atoms with Crippen molar-refractivity contribution in [3.63, 3.8) is 0 Å². The molecular formula is C19H20F2N2O4S2. The van der Waals surface area contributed by atoms with Crippen LogP contribution in [0.4, 0.5) is 8.78 Å². The van der Waals surface area contributed by atoms with Crippen LogP contribution in [-0.2, 0) is 34.3 Å². The Labute approximate surface area is 171 Å². The first-order valence-corrected chi connectivity index (χ1v) is 11.5. The number of hydrogen-bond donors (Lipinski definition) is 1. The van der Waals surface area contributed by atoms with Gasteiger partial charge >= 0.3 is 5.97 Å². The van der Waals surface area contributed by atoms with Gasteiger partial charge in [-0.25, -0.2) is 26.7 Å². The van der Waals surface area contributed by atoms with Gasteiger partial charge in [0.15, 0.2) is 0 Å². The van der Waals surface area contributed by atoms with Crippen LogP contribution in [0.2, 0.25) is 0 Å². The van der Waals surface area contributed by atoms with Crippen LogP contribution in [0.25, 0.3) is 0 Å².